The van der Waals surface area contributed by atoms with E-state index >= 15 is 0 Å². The van der Waals surface area contributed by atoms with E-state index in [9.17, 15) is 14.4 Å². The second-order valence-electron chi connectivity index (χ2n) is 7.53. The van der Waals surface area contributed by atoms with Gasteiger partial charge in [0.25, 0.3) is 0 Å². The van der Waals surface area contributed by atoms with Gasteiger partial charge in [0.2, 0.25) is 5.91 Å². The summed E-state index contributed by atoms with van der Waals surface area (Å²) >= 11 is 0. The lowest BCUT2D eigenvalue weighted by Crippen LogP contribution is -2.46. The molecular weight excluding hydrogens is 342 g/mol. The Kier molecular flexibility index (Phi) is 8.01. The van der Waals surface area contributed by atoms with Crippen molar-refractivity contribution in [1.29, 1.82) is 0 Å². The van der Waals surface area contributed by atoms with E-state index < -0.39 is 0 Å². The maximum Gasteiger partial charge on any atom is 0.307 e. The van der Waals surface area contributed by atoms with Crippen LogP contribution >= 0.6 is 0 Å². The zero-order chi connectivity index (χ0) is 19.8. The minimum Gasteiger partial charge on any atom is -0.469 e. The summed E-state index contributed by atoms with van der Waals surface area (Å²) in [5, 5.41) is 0. The van der Waals surface area contributed by atoms with Crippen LogP contribution in [0, 0.1) is 12.8 Å². The van der Waals surface area contributed by atoms with Crippen molar-refractivity contribution in [3.63, 3.8) is 0 Å². The highest BCUT2D eigenvalue weighted by molar-refractivity contribution is 5.98. The fourth-order valence-electron chi connectivity index (χ4n) is 3.80. The molecule has 2 rings (SSSR count). The van der Waals surface area contributed by atoms with Crippen molar-refractivity contribution in [3.05, 3.63) is 35.4 Å². The molecule has 0 aromatic heterocycles. The molecule has 1 amide bonds. The number of carbonyl (C=O) groups excluding carboxylic acids is 3. The molecule has 1 saturated carbocycles. The van der Waals surface area contributed by atoms with Crippen molar-refractivity contribution in [2.45, 2.75) is 64.8 Å². The quantitative estimate of drug-likeness (QED) is 0.512. The molecule has 1 aliphatic rings. The monoisotopic (exact) mass is 373 g/mol. The van der Waals surface area contributed by atoms with Gasteiger partial charge in [0.1, 0.15) is 0 Å². The van der Waals surface area contributed by atoms with Gasteiger partial charge >= 0.3 is 5.97 Å². The Morgan fingerprint density at radius 3 is 2.33 bits per heavy atom. The molecule has 148 valence electrons. The number of rotatable bonds is 8. The number of methoxy groups -OCH3 is 1. The molecule has 0 aliphatic heterocycles. The average molecular weight is 373 g/mol. The third-order valence-corrected chi connectivity index (χ3v) is 5.51. The topological polar surface area (TPSA) is 63.7 Å². The first kappa shape index (κ1) is 21.1. The zero-order valence-electron chi connectivity index (χ0n) is 16.7. The Balaban J connectivity index is 2.00. The summed E-state index contributed by atoms with van der Waals surface area (Å²) in [7, 11) is 1.36. The summed E-state index contributed by atoms with van der Waals surface area (Å²) in [6, 6.07) is 7.56. The molecule has 1 aromatic carbocycles. The lowest BCUT2D eigenvalue weighted by atomic mass is 9.84. The molecule has 0 N–H and O–H groups in total. The summed E-state index contributed by atoms with van der Waals surface area (Å²) in [5.41, 5.74) is 1.74. The molecule has 5 nitrogen and oxygen atoms in total. The summed E-state index contributed by atoms with van der Waals surface area (Å²) in [4.78, 5) is 38.7. The fourth-order valence-corrected chi connectivity index (χ4v) is 3.80. The zero-order valence-corrected chi connectivity index (χ0v) is 16.7. The number of hydrogen-bond acceptors (Lipinski definition) is 4. The molecule has 0 bridgehead atoms. The van der Waals surface area contributed by atoms with Gasteiger partial charge in [-0.15, -0.1) is 0 Å². The number of esters is 1. The molecule has 5 heteroatoms. The van der Waals surface area contributed by atoms with E-state index in [1.165, 1.54) is 13.5 Å². The van der Waals surface area contributed by atoms with E-state index in [4.69, 9.17) is 4.74 Å². The Morgan fingerprint density at radius 1 is 1.04 bits per heavy atom. The van der Waals surface area contributed by atoms with Crippen LogP contribution in [0.3, 0.4) is 0 Å². The van der Waals surface area contributed by atoms with E-state index in [0.717, 1.165) is 24.8 Å². The largest absolute Gasteiger partial charge is 0.469 e. The van der Waals surface area contributed by atoms with Crippen LogP contribution in [-0.2, 0) is 14.3 Å². The van der Waals surface area contributed by atoms with E-state index in [1.54, 1.807) is 12.1 Å². The number of Topliss-reactive ketones (excluding diaryl/α,β-unsaturated/α-hetero) is 1. The Bertz CT molecular complexity index is 653. The van der Waals surface area contributed by atoms with Gasteiger partial charge in [0.15, 0.2) is 5.78 Å². The molecule has 2 unspecified atom stereocenters. The van der Waals surface area contributed by atoms with Crippen molar-refractivity contribution in [2.24, 2.45) is 5.92 Å². The van der Waals surface area contributed by atoms with E-state index in [1.807, 2.05) is 24.0 Å². The van der Waals surface area contributed by atoms with Gasteiger partial charge in [-0.1, -0.05) is 49.6 Å². The first-order valence-corrected chi connectivity index (χ1v) is 9.88. The highest BCUT2D eigenvalue weighted by atomic mass is 16.5. The molecule has 0 spiro atoms. The summed E-state index contributed by atoms with van der Waals surface area (Å²) in [6.45, 7) is 4.50. The number of benzene rings is 1. The Hall–Kier alpha value is -2.17. The number of hydrogen-bond donors (Lipinski definition) is 0. The SMILES string of the molecule is COC(=O)CCN(C(=O)CCC(=O)c1ccc(C)cc1)C1CCCCC1C. The molecule has 1 aromatic rings. The van der Waals surface area contributed by atoms with Crippen LogP contribution in [0.25, 0.3) is 0 Å². The van der Waals surface area contributed by atoms with Crippen molar-refractivity contribution < 1.29 is 19.1 Å². The van der Waals surface area contributed by atoms with Crippen molar-refractivity contribution in [1.82, 2.24) is 4.90 Å². The molecule has 27 heavy (non-hydrogen) atoms. The lowest BCUT2D eigenvalue weighted by molar-refractivity contribution is -0.143. The summed E-state index contributed by atoms with van der Waals surface area (Å²) in [6.07, 6.45) is 4.89. The highest BCUT2D eigenvalue weighted by Gasteiger charge is 2.30. The molecule has 0 heterocycles. The smallest absolute Gasteiger partial charge is 0.307 e. The van der Waals surface area contributed by atoms with Crippen LogP contribution in [0.15, 0.2) is 24.3 Å². The Morgan fingerprint density at radius 2 is 1.70 bits per heavy atom. The molecule has 1 aliphatic carbocycles. The van der Waals surface area contributed by atoms with Crippen LogP contribution in [0.4, 0.5) is 0 Å². The minimum atomic E-state index is -0.313. The predicted molar refractivity (Wildman–Crippen MR) is 105 cm³/mol. The number of carbonyl (C=O) groups is 3. The predicted octanol–water partition coefficient (Wildman–Crippen LogP) is 3.93. The second-order valence-corrected chi connectivity index (χ2v) is 7.53. The van der Waals surface area contributed by atoms with Crippen molar-refractivity contribution >= 4 is 17.7 Å². The number of ether oxygens (including phenoxy) is 1. The minimum absolute atomic E-state index is 0.0204. The maximum atomic E-state index is 12.9. The van der Waals surface area contributed by atoms with Crippen LogP contribution in [0.5, 0.6) is 0 Å². The van der Waals surface area contributed by atoms with Crippen LogP contribution in [0.2, 0.25) is 0 Å². The number of nitrogens with zero attached hydrogens (tertiary/aromatic N) is 1. The van der Waals surface area contributed by atoms with Crippen LogP contribution < -0.4 is 0 Å². The first-order chi connectivity index (χ1) is 12.9. The third-order valence-electron chi connectivity index (χ3n) is 5.51. The van der Waals surface area contributed by atoms with Crippen molar-refractivity contribution in [3.8, 4) is 0 Å². The van der Waals surface area contributed by atoms with Gasteiger partial charge < -0.3 is 9.64 Å². The van der Waals surface area contributed by atoms with E-state index in [2.05, 4.69) is 6.92 Å². The lowest BCUT2D eigenvalue weighted by Gasteiger charge is -2.38. The van der Waals surface area contributed by atoms with E-state index in [-0.39, 0.29) is 43.0 Å². The van der Waals surface area contributed by atoms with Gasteiger partial charge in [-0.05, 0) is 25.7 Å². The third kappa shape index (κ3) is 6.19. The molecule has 2 atom stereocenters. The van der Waals surface area contributed by atoms with Gasteiger partial charge in [-0.25, -0.2) is 0 Å². The van der Waals surface area contributed by atoms with Crippen molar-refractivity contribution in [2.75, 3.05) is 13.7 Å². The standard InChI is InChI=1S/C22H31NO4/c1-16-8-10-18(11-9-16)20(24)12-13-21(25)23(15-14-22(26)27-3)19-7-5-4-6-17(19)2/h8-11,17,19H,4-7,12-15H2,1-3H3. The molecule has 1 fully saturated rings. The highest BCUT2D eigenvalue weighted by Crippen LogP contribution is 2.29. The van der Waals surface area contributed by atoms with Crippen LogP contribution in [0.1, 0.15) is 67.8 Å². The summed E-state index contributed by atoms with van der Waals surface area (Å²) in [5.74, 6) is 0.0335. The number of aryl methyl sites for hydroxylation is 1. The van der Waals surface area contributed by atoms with Gasteiger partial charge in [0, 0.05) is 31.0 Å². The molecule has 0 radical (unpaired) electrons. The fraction of sp³-hybridized carbons (Fsp3) is 0.591. The van der Waals surface area contributed by atoms with Gasteiger partial charge in [0.05, 0.1) is 13.5 Å². The first-order valence-electron chi connectivity index (χ1n) is 9.88. The maximum absolute atomic E-state index is 12.9. The second kappa shape index (κ2) is 10.2. The normalized spacial score (nSPS) is 19.4. The number of amides is 1. The Labute approximate surface area is 162 Å². The number of ketones is 1. The van der Waals surface area contributed by atoms with Gasteiger partial charge in [-0.2, -0.15) is 0 Å². The van der Waals surface area contributed by atoms with Gasteiger partial charge in [-0.3, -0.25) is 14.4 Å². The average Bonchev–Trinajstić information content (AvgIpc) is 2.67. The summed E-state index contributed by atoms with van der Waals surface area (Å²) < 4.78 is 4.73. The molecule has 0 saturated heterocycles. The van der Waals surface area contributed by atoms with Crippen LogP contribution in [-0.4, -0.2) is 42.3 Å². The van der Waals surface area contributed by atoms with E-state index in [0.29, 0.717) is 18.0 Å². The molecular formula is C22H31NO4.